The molecule has 4 aromatic heterocycles. The van der Waals surface area contributed by atoms with Crippen LogP contribution >= 0.6 is 0 Å². The van der Waals surface area contributed by atoms with Gasteiger partial charge in [0.15, 0.2) is 0 Å². The van der Waals surface area contributed by atoms with Crippen LogP contribution in [-0.2, 0) is 17.9 Å². The van der Waals surface area contributed by atoms with E-state index in [1.165, 1.54) is 0 Å². The highest BCUT2D eigenvalue weighted by atomic mass is 16.1. The van der Waals surface area contributed by atoms with Gasteiger partial charge in [-0.3, -0.25) is 9.55 Å². The van der Waals surface area contributed by atoms with Crippen molar-refractivity contribution in [3.8, 4) is 34.3 Å². The molecule has 0 unspecified atom stereocenters. The number of aromatic nitrogens is 5. The van der Waals surface area contributed by atoms with Gasteiger partial charge in [0.2, 0.25) is 0 Å². The molecule has 4 heterocycles. The van der Waals surface area contributed by atoms with Crippen molar-refractivity contribution in [2.45, 2.75) is 45.4 Å². The predicted octanol–water partition coefficient (Wildman–Crippen LogP) is 5.88. The maximum absolute atomic E-state index is 13.1. The number of H-pyrrole nitrogens is 1. The molecule has 1 aromatic carbocycles. The second kappa shape index (κ2) is 8.59. The van der Waals surface area contributed by atoms with Crippen LogP contribution < -0.4 is 5.69 Å². The Kier molecular flexibility index (Phi) is 5.64. The fraction of sp³-hybridized carbons (Fsp3) is 0.267. The maximum atomic E-state index is 13.1. The first-order valence-electron chi connectivity index (χ1n) is 12.2. The second-order valence-corrected chi connectivity index (χ2v) is 11.1. The smallest absolute Gasteiger partial charge is 0.333 e. The summed E-state index contributed by atoms with van der Waals surface area (Å²) < 4.78 is 3.21. The van der Waals surface area contributed by atoms with E-state index in [-0.39, 0.29) is 11.1 Å². The molecule has 37 heavy (non-hydrogen) atoms. The van der Waals surface area contributed by atoms with Crippen molar-refractivity contribution in [1.29, 1.82) is 5.26 Å². The molecular formula is C30H30N6O. The summed E-state index contributed by atoms with van der Waals surface area (Å²) >= 11 is 0. The highest BCUT2D eigenvalue weighted by Crippen LogP contribution is 2.30. The number of hydrogen-bond donors (Lipinski definition) is 1. The Morgan fingerprint density at radius 1 is 0.946 bits per heavy atom. The topological polar surface area (TPSA) is 92.3 Å². The van der Waals surface area contributed by atoms with E-state index >= 15 is 0 Å². The summed E-state index contributed by atoms with van der Waals surface area (Å²) in [7, 11) is 1.73. The third-order valence-corrected chi connectivity index (χ3v) is 6.81. The lowest BCUT2D eigenvalue weighted by Gasteiger charge is -2.16. The van der Waals surface area contributed by atoms with E-state index in [4.69, 9.17) is 0 Å². The first-order chi connectivity index (χ1) is 17.5. The molecule has 7 heteroatoms. The van der Waals surface area contributed by atoms with Crippen molar-refractivity contribution in [1.82, 2.24) is 24.1 Å². The van der Waals surface area contributed by atoms with E-state index in [1.807, 2.05) is 56.4 Å². The Morgan fingerprint density at radius 3 is 2.35 bits per heavy atom. The highest BCUT2D eigenvalue weighted by molar-refractivity contribution is 5.83. The van der Waals surface area contributed by atoms with Crippen molar-refractivity contribution < 1.29 is 0 Å². The summed E-state index contributed by atoms with van der Waals surface area (Å²) in [4.78, 5) is 25.8. The average molecular weight is 491 g/mol. The van der Waals surface area contributed by atoms with Gasteiger partial charge in [0, 0.05) is 47.7 Å². The van der Waals surface area contributed by atoms with Gasteiger partial charge in [-0.15, -0.1) is 0 Å². The highest BCUT2D eigenvalue weighted by Gasteiger charge is 2.21. The number of rotatable bonds is 4. The molecular weight excluding hydrogens is 460 g/mol. The molecule has 0 aliphatic carbocycles. The number of nitrogens with one attached hydrogen (secondary N) is 1. The lowest BCUT2D eigenvalue weighted by atomic mass is 9.86. The van der Waals surface area contributed by atoms with Crippen LogP contribution in [0.15, 0.2) is 71.9 Å². The normalized spacial score (nSPS) is 12.1. The fourth-order valence-electron chi connectivity index (χ4n) is 4.41. The summed E-state index contributed by atoms with van der Waals surface area (Å²) in [6.45, 7) is 10.3. The lowest BCUT2D eigenvalue weighted by molar-refractivity contribution is 0.574. The molecule has 5 rings (SSSR count). The largest absolute Gasteiger partial charge is 0.343 e. The van der Waals surface area contributed by atoms with Gasteiger partial charge in [-0.2, -0.15) is 5.26 Å². The van der Waals surface area contributed by atoms with Gasteiger partial charge in [-0.05, 0) is 61.4 Å². The zero-order chi connectivity index (χ0) is 26.5. The van der Waals surface area contributed by atoms with Gasteiger partial charge in [0.05, 0.1) is 28.6 Å². The van der Waals surface area contributed by atoms with Crippen LogP contribution in [-0.4, -0.2) is 24.1 Å². The van der Waals surface area contributed by atoms with Crippen LogP contribution in [0, 0.1) is 11.3 Å². The molecule has 0 saturated heterocycles. The van der Waals surface area contributed by atoms with E-state index in [2.05, 4.69) is 53.9 Å². The fourth-order valence-corrected chi connectivity index (χ4v) is 4.41. The quantitative estimate of drug-likeness (QED) is 0.340. The van der Waals surface area contributed by atoms with E-state index < -0.39 is 5.41 Å². The van der Waals surface area contributed by atoms with Crippen LogP contribution in [0.1, 0.15) is 45.9 Å². The molecule has 0 atom stereocenters. The standard InChI is InChI=1S/C30H30N6O/c1-29(2,3)26-15-20-13-21(16-33-27(20)34-26)19-11-12-32-24(14-19)25-17-35(6)28(37)36(25)23-9-7-22(8-10-23)30(4,5)18-31/h7-17H,1-6H3,(H,33,34). The molecule has 186 valence electrons. The third kappa shape index (κ3) is 4.36. The van der Waals surface area contributed by atoms with Crippen molar-refractivity contribution in [2.75, 3.05) is 0 Å². The van der Waals surface area contributed by atoms with Crippen LogP contribution in [0.2, 0.25) is 0 Å². The lowest BCUT2D eigenvalue weighted by Crippen LogP contribution is -2.21. The predicted molar refractivity (Wildman–Crippen MR) is 147 cm³/mol. The summed E-state index contributed by atoms with van der Waals surface area (Å²) in [6.07, 6.45) is 5.41. The number of pyridine rings is 2. The Balaban J connectivity index is 1.57. The molecule has 0 fully saturated rings. The summed E-state index contributed by atoms with van der Waals surface area (Å²) in [6, 6.07) is 18.1. The summed E-state index contributed by atoms with van der Waals surface area (Å²) in [5, 5.41) is 10.5. The number of benzene rings is 1. The molecule has 0 bridgehead atoms. The van der Waals surface area contributed by atoms with E-state index in [0.29, 0.717) is 11.4 Å². The number of aromatic amines is 1. The van der Waals surface area contributed by atoms with Gasteiger partial charge >= 0.3 is 5.69 Å². The molecule has 0 saturated carbocycles. The molecule has 0 aliphatic rings. The second-order valence-electron chi connectivity index (χ2n) is 11.1. The number of fused-ring (bicyclic) bond motifs is 1. The number of nitrogens with zero attached hydrogens (tertiary/aromatic N) is 5. The van der Waals surface area contributed by atoms with E-state index in [0.717, 1.165) is 39.1 Å². The zero-order valence-corrected chi connectivity index (χ0v) is 22.0. The maximum Gasteiger partial charge on any atom is 0.333 e. The number of aryl methyl sites for hydroxylation is 1. The van der Waals surface area contributed by atoms with E-state index in [9.17, 15) is 10.1 Å². The van der Waals surface area contributed by atoms with Gasteiger partial charge in [-0.1, -0.05) is 32.9 Å². The Bertz CT molecular complexity index is 1720. The van der Waals surface area contributed by atoms with Crippen molar-refractivity contribution in [2.24, 2.45) is 7.05 Å². The zero-order valence-electron chi connectivity index (χ0n) is 22.0. The van der Waals surface area contributed by atoms with Gasteiger partial charge < -0.3 is 9.55 Å². The van der Waals surface area contributed by atoms with Gasteiger partial charge in [-0.25, -0.2) is 9.78 Å². The molecule has 7 nitrogen and oxygen atoms in total. The van der Waals surface area contributed by atoms with Crippen molar-refractivity contribution >= 4 is 11.0 Å². The Morgan fingerprint density at radius 2 is 1.68 bits per heavy atom. The molecule has 0 aliphatic heterocycles. The minimum absolute atomic E-state index is 0.00420. The first-order valence-corrected chi connectivity index (χ1v) is 12.2. The molecule has 0 amide bonds. The number of imidazole rings is 1. The van der Waals surface area contributed by atoms with Crippen LogP contribution in [0.5, 0.6) is 0 Å². The van der Waals surface area contributed by atoms with E-state index in [1.54, 1.807) is 28.6 Å². The Hall–Kier alpha value is -4.44. The van der Waals surface area contributed by atoms with Crippen molar-refractivity contribution in [3.63, 3.8) is 0 Å². The number of nitriles is 1. The van der Waals surface area contributed by atoms with Gasteiger partial charge in [0.25, 0.3) is 0 Å². The minimum atomic E-state index is -0.610. The molecule has 0 radical (unpaired) electrons. The third-order valence-electron chi connectivity index (χ3n) is 6.81. The van der Waals surface area contributed by atoms with Crippen LogP contribution in [0.3, 0.4) is 0 Å². The molecule has 0 spiro atoms. The van der Waals surface area contributed by atoms with Crippen molar-refractivity contribution in [3.05, 3.63) is 88.9 Å². The van der Waals surface area contributed by atoms with Crippen LogP contribution in [0.25, 0.3) is 39.2 Å². The number of hydrogen-bond acceptors (Lipinski definition) is 4. The Labute approximate surface area is 216 Å². The minimum Gasteiger partial charge on any atom is -0.343 e. The van der Waals surface area contributed by atoms with Gasteiger partial charge in [0.1, 0.15) is 5.65 Å². The van der Waals surface area contributed by atoms with Crippen LogP contribution in [0.4, 0.5) is 0 Å². The first kappa shape index (κ1) is 24.3. The molecule has 5 aromatic rings. The summed E-state index contributed by atoms with van der Waals surface area (Å²) in [5.74, 6) is 0. The SMILES string of the molecule is Cn1cc(-c2cc(-c3cnc4[nH]c(C(C)(C)C)cc4c3)ccn2)n(-c2ccc(C(C)(C)C#N)cc2)c1=O. The molecule has 1 N–H and O–H groups in total. The average Bonchev–Trinajstić information content (AvgIpc) is 3.45. The monoisotopic (exact) mass is 490 g/mol. The summed E-state index contributed by atoms with van der Waals surface area (Å²) in [5.41, 5.74) is 6.15.